The molecule has 0 aliphatic carbocycles. The Morgan fingerprint density at radius 3 is 2.71 bits per heavy atom. The van der Waals surface area contributed by atoms with E-state index in [2.05, 4.69) is 25.8 Å². The number of urea groups is 1. The molecule has 1 aromatic heterocycles. The molecule has 0 aliphatic heterocycles. The van der Waals surface area contributed by atoms with Crippen LogP contribution in [-0.4, -0.2) is 33.2 Å². The Hall–Kier alpha value is -2.12. The number of hydrogen-bond acceptors (Lipinski definition) is 4. The summed E-state index contributed by atoms with van der Waals surface area (Å²) >= 11 is 0. The van der Waals surface area contributed by atoms with Crippen LogP contribution in [0.3, 0.4) is 0 Å². The number of primary amides is 1. The van der Waals surface area contributed by atoms with Crippen molar-refractivity contribution in [3.8, 4) is 0 Å². The summed E-state index contributed by atoms with van der Waals surface area (Å²) in [7, 11) is 0. The largest absolute Gasteiger partial charge is 0.352 e. The molecule has 94 valence electrons. The molecule has 5 N–H and O–H groups in total. The second kappa shape index (κ2) is 5.83. The molecular formula is C9H16N6O2. The molecule has 1 rings (SSSR count). The zero-order valence-electron chi connectivity index (χ0n) is 9.73. The van der Waals surface area contributed by atoms with Gasteiger partial charge in [0.1, 0.15) is 12.4 Å². The van der Waals surface area contributed by atoms with Crippen LogP contribution in [0.5, 0.6) is 0 Å². The van der Waals surface area contributed by atoms with E-state index < -0.39 is 12.1 Å². The van der Waals surface area contributed by atoms with E-state index in [-0.39, 0.29) is 17.8 Å². The van der Waals surface area contributed by atoms with Crippen molar-refractivity contribution in [3.05, 3.63) is 6.33 Å². The first-order valence-corrected chi connectivity index (χ1v) is 5.21. The predicted octanol–water partition coefficient (Wildman–Crippen LogP) is -0.174. The molecule has 1 unspecified atom stereocenters. The van der Waals surface area contributed by atoms with Gasteiger partial charge in [-0.15, -0.1) is 0 Å². The summed E-state index contributed by atoms with van der Waals surface area (Å²) in [6.07, 6.45) is 1.76. The van der Waals surface area contributed by atoms with Gasteiger partial charge in [0.15, 0.2) is 0 Å². The molecule has 0 bridgehead atoms. The standard InChI is InChI=1S/C9H16N6O2/c1-5(2)3-6(13-8(10)17)7(16)14-9-11-4-12-15-9/h4-6H,3H2,1-2H3,(H3,10,13,17)(H2,11,12,14,15,16). The van der Waals surface area contributed by atoms with Crippen molar-refractivity contribution in [2.24, 2.45) is 11.7 Å². The lowest BCUT2D eigenvalue weighted by Gasteiger charge is -2.18. The van der Waals surface area contributed by atoms with Crippen LogP contribution in [0.4, 0.5) is 10.7 Å². The number of carbonyl (C=O) groups is 2. The van der Waals surface area contributed by atoms with Crippen molar-refractivity contribution in [2.45, 2.75) is 26.3 Å². The minimum Gasteiger partial charge on any atom is -0.352 e. The maximum atomic E-state index is 11.8. The molecule has 0 aromatic carbocycles. The van der Waals surface area contributed by atoms with Gasteiger partial charge in [-0.05, 0) is 12.3 Å². The monoisotopic (exact) mass is 240 g/mol. The van der Waals surface area contributed by atoms with Crippen molar-refractivity contribution in [2.75, 3.05) is 5.32 Å². The van der Waals surface area contributed by atoms with E-state index in [1.54, 1.807) is 0 Å². The molecule has 8 heteroatoms. The lowest BCUT2D eigenvalue weighted by atomic mass is 10.0. The first-order chi connectivity index (χ1) is 7.99. The van der Waals surface area contributed by atoms with E-state index in [0.29, 0.717) is 6.42 Å². The fourth-order valence-corrected chi connectivity index (χ4v) is 1.34. The van der Waals surface area contributed by atoms with Crippen LogP contribution in [0.25, 0.3) is 0 Å². The van der Waals surface area contributed by atoms with E-state index in [9.17, 15) is 9.59 Å². The average molecular weight is 240 g/mol. The second-order valence-corrected chi connectivity index (χ2v) is 4.01. The maximum absolute atomic E-state index is 11.8. The smallest absolute Gasteiger partial charge is 0.312 e. The number of nitrogens with zero attached hydrogens (tertiary/aromatic N) is 2. The fraction of sp³-hybridized carbons (Fsp3) is 0.556. The molecule has 8 nitrogen and oxygen atoms in total. The summed E-state index contributed by atoms with van der Waals surface area (Å²) in [5.74, 6) is 0.0941. The van der Waals surface area contributed by atoms with E-state index in [4.69, 9.17) is 5.73 Å². The third-order valence-electron chi connectivity index (χ3n) is 2.00. The quantitative estimate of drug-likeness (QED) is 0.569. The second-order valence-electron chi connectivity index (χ2n) is 4.01. The third kappa shape index (κ3) is 4.49. The number of anilines is 1. The van der Waals surface area contributed by atoms with Gasteiger partial charge in [-0.2, -0.15) is 10.1 Å². The van der Waals surface area contributed by atoms with E-state index in [0.717, 1.165) is 0 Å². The number of nitrogens with two attached hydrogens (primary N) is 1. The van der Waals surface area contributed by atoms with Gasteiger partial charge in [-0.3, -0.25) is 10.1 Å². The molecule has 0 saturated carbocycles. The molecule has 0 saturated heterocycles. The number of H-pyrrole nitrogens is 1. The number of aromatic amines is 1. The first kappa shape index (κ1) is 12.9. The molecule has 0 aliphatic rings. The Bertz CT molecular complexity index is 375. The Kier molecular flexibility index (Phi) is 4.44. The van der Waals surface area contributed by atoms with Crippen LogP contribution in [0.1, 0.15) is 20.3 Å². The highest BCUT2D eigenvalue weighted by Crippen LogP contribution is 2.06. The van der Waals surface area contributed by atoms with Gasteiger partial charge in [-0.1, -0.05) is 13.8 Å². The SMILES string of the molecule is CC(C)CC(NC(N)=O)C(=O)Nc1ncn[nH]1. The van der Waals surface area contributed by atoms with Gasteiger partial charge >= 0.3 is 6.03 Å². The third-order valence-corrected chi connectivity index (χ3v) is 2.00. The van der Waals surface area contributed by atoms with Crippen molar-refractivity contribution in [1.82, 2.24) is 20.5 Å². The Labute approximate surface area is 98.4 Å². The predicted molar refractivity (Wildman–Crippen MR) is 61.0 cm³/mol. The van der Waals surface area contributed by atoms with Crippen molar-refractivity contribution >= 4 is 17.9 Å². The van der Waals surface area contributed by atoms with Crippen LogP contribution in [0, 0.1) is 5.92 Å². The van der Waals surface area contributed by atoms with Crippen molar-refractivity contribution < 1.29 is 9.59 Å². The average Bonchev–Trinajstić information content (AvgIpc) is 2.67. The van der Waals surface area contributed by atoms with Crippen LogP contribution >= 0.6 is 0 Å². The van der Waals surface area contributed by atoms with Crippen LogP contribution in [0.2, 0.25) is 0 Å². The van der Waals surface area contributed by atoms with E-state index >= 15 is 0 Å². The minimum absolute atomic E-state index is 0.232. The minimum atomic E-state index is -0.733. The zero-order chi connectivity index (χ0) is 12.8. The molecule has 1 atom stereocenters. The van der Waals surface area contributed by atoms with Gasteiger partial charge in [-0.25, -0.2) is 9.89 Å². The van der Waals surface area contributed by atoms with Gasteiger partial charge in [0.05, 0.1) is 0 Å². The molecule has 1 heterocycles. The maximum Gasteiger partial charge on any atom is 0.312 e. The molecule has 0 fully saturated rings. The van der Waals surface area contributed by atoms with E-state index in [1.165, 1.54) is 6.33 Å². The van der Waals surface area contributed by atoms with E-state index in [1.807, 2.05) is 13.8 Å². The number of nitrogens with one attached hydrogen (secondary N) is 3. The Morgan fingerprint density at radius 2 is 2.24 bits per heavy atom. The van der Waals surface area contributed by atoms with Crippen LogP contribution in [-0.2, 0) is 4.79 Å². The van der Waals surface area contributed by atoms with Gasteiger partial charge < -0.3 is 11.1 Å². The highest BCUT2D eigenvalue weighted by Gasteiger charge is 2.21. The highest BCUT2D eigenvalue weighted by atomic mass is 16.2. The lowest BCUT2D eigenvalue weighted by molar-refractivity contribution is -0.118. The Morgan fingerprint density at radius 1 is 1.53 bits per heavy atom. The van der Waals surface area contributed by atoms with Crippen molar-refractivity contribution in [3.63, 3.8) is 0 Å². The topological polar surface area (TPSA) is 126 Å². The number of amides is 3. The number of hydrogen-bond donors (Lipinski definition) is 4. The Balaban J connectivity index is 2.61. The summed E-state index contributed by atoms with van der Waals surface area (Å²) in [6.45, 7) is 3.88. The van der Waals surface area contributed by atoms with Crippen LogP contribution < -0.4 is 16.4 Å². The summed E-state index contributed by atoms with van der Waals surface area (Å²) < 4.78 is 0. The number of rotatable bonds is 5. The number of aromatic nitrogens is 3. The molecular weight excluding hydrogens is 224 g/mol. The molecule has 3 amide bonds. The number of carbonyl (C=O) groups excluding carboxylic acids is 2. The summed E-state index contributed by atoms with van der Waals surface area (Å²) in [6, 6.07) is -1.42. The van der Waals surface area contributed by atoms with Gasteiger partial charge in [0, 0.05) is 0 Å². The molecule has 1 aromatic rings. The van der Waals surface area contributed by atoms with Crippen molar-refractivity contribution in [1.29, 1.82) is 0 Å². The van der Waals surface area contributed by atoms with Gasteiger partial charge in [0.2, 0.25) is 11.9 Å². The first-order valence-electron chi connectivity index (χ1n) is 5.21. The summed E-state index contributed by atoms with van der Waals surface area (Å²) in [5, 5.41) is 11.0. The highest BCUT2D eigenvalue weighted by molar-refractivity contribution is 5.95. The molecule has 0 spiro atoms. The lowest BCUT2D eigenvalue weighted by Crippen LogP contribution is -2.46. The zero-order valence-corrected chi connectivity index (χ0v) is 9.73. The fourth-order valence-electron chi connectivity index (χ4n) is 1.34. The van der Waals surface area contributed by atoms with Crippen LogP contribution in [0.15, 0.2) is 6.33 Å². The molecule has 0 radical (unpaired) electrons. The molecule has 17 heavy (non-hydrogen) atoms. The normalized spacial score (nSPS) is 12.2. The summed E-state index contributed by atoms with van der Waals surface area (Å²) in [5.41, 5.74) is 5.01. The summed E-state index contributed by atoms with van der Waals surface area (Å²) in [4.78, 5) is 26.4. The van der Waals surface area contributed by atoms with Gasteiger partial charge in [0.25, 0.3) is 0 Å².